The first kappa shape index (κ1) is 10.4. The summed E-state index contributed by atoms with van der Waals surface area (Å²) in [6.45, 7) is 2.14. The van der Waals surface area contributed by atoms with Crippen molar-refractivity contribution >= 4 is 12.4 Å². The predicted octanol–water partition coefficient (Wildman–Crippen LogP) is -0.228. The predicted molar refractivity (Wildman–Crippen MR) is 49.9 cm³/mol. The van der Waals surface area contributed by atoms with Gasteiger partial charge in [0.2, 0.25) is 0 Å². The molecule has 0 saturated carbocycles. The van der Waals surface area contributed by atoms with E-state index in [-0.39, 0.29) is 12.4 Å². The lowest BCUT2D eigenvalue weighted by Crippen LogP contribution is -2.30. The molecule has 0 atom stereocenters. The Bertz CT molecular complexity index is 261. The molecule has 2 rings (SSSR count). The second-order valence-corrected chi connectivity index (χ2v) is 2.92. The van der Waals surface area contributed by atoms with Crippen LogP contribution in [-0.2, 0) is 11.2 Å². The molecule has 5 nitrogen and oxygen atoms in total. The van der Waals surface area contributed by atoms with Crippen molar-refractivity contribution in [3.8, 4) is 0 Å². The zero-order valence-corrected chi connectivity index (χ0v) is 8.04. The minimum absolute atomic E-state index is 0. The Labute approximate surface area is 82.7 Å². The summed E-state index contributed by atoms with van der Waals surface area (Å²) in [5.74, 6) is 0. The summed E-state index contributed by atoms with van der Waals surface area (Å²) in [4.78, 5) is 0. The van der Waals surface area contributed by atoms with E-state index in [1.807, 2.05) is 10.9 Å². The summed E-state index contributed by atoms with van der Waals surface area (Å²) in [7, 11) is 0. The lowest BCUT2D eigenvalue weighted by Gasteiger charge is -2.25. The van der Waals surface area contributed by atoms with E-state index in [1.54, 1.807) is 0 Å². The van der Waals surface area contributed by atoms with Crippen molar-refractivity contribution in [2.45, 2.75) is 12.5 Å². The van der Waals surface area contributed by atoms with Gasteiger partial charge in [0.05, 0.1) is 18.9 Å². The molecule has 0 radical (unpaired) electrons. The van der Waals surface area contributed by atoms with Crippen molar-refractivity contribution < 1.29 is 4.74 Å². The van der Waals surface area contributed by atoms with Crippen LogP contribution in [0, 0.1) is 0 Å². The average Bonchev–Trinajstić information content (AvgIpc) is 2.34. The summed E-state index contributed by atoms with van der Waals surface area (Å²) in [5.41, 5.74) is 6.35. The van der Waals surface area contributed by atoms with E-state index in [0.717, 1.165) is 25.3 Å². The van der Waals surface area contributed by atoms with Crippen molar-refractivity contribution in [3.05, 3.63) is 11.9 Å². The first-order valence-electron chi connectivity index (χ1n) is 4.08. The highest BCUT2D eigenvalue weighted by molar-refractivity contribution is 5.85. The molecule has 1 aliphatic heterocycles. The van der Waals surface area contributed by atoms with E-state index in [4.69, 9.17) is 10.5 Å². The summed E-state index contributed by atoms with van der Waals surface area (Å²) in [6.07, 6.45) is 2.74. The van der Waals surface area contributed by atoms with Crippen LogP contribution in [0.1, 0.15) is 11.7 Å². The normalized spacial score (nSPS) is 16.4. The Balaban J connectivity index is 0.000000845. The van der Waals surface area contributed by atoms with Crippen LogP contribution in [0.4, 0.5) is 0 Å². The summed E-state index contributed by atoms with van der Waals surface area (Å²) in [6, 6.07) is 0.393. The van der Waals surface area contributed by atoms with Crippen LogP contribution in [0.2, 0.25) is 0 Å². The molecule has 1 saturated heterocycles. The highest BCUT2D eigenvalue weighted by Gasteiger charge is 2.21. The van der Waals surface area contributed by atoms with E-state index in [0.29, 0.717) is 12.6 Å². The number of hydrogen-bond donors (Lipinski definition) is 1. The molecule has 74 valence electrons. The molecule has 2 heterocycles. The Hall–Kier alpha value is -0.650. The molecular formula is C7H13ClN4O. The molecule has 0 aliphatic carbocycles. The second kappa shape index (κ2) is 4.55. The van der Waals surface area contributed by atoms with Crippen LogP contribution in [0.3, 0.4) is 0 Å². The first-order valence-corrected chi connectivity index (χ1v) is 4.08. The van der Waals surface area contributed by atoms with Crippen LogP contribution in [0.25, 0.3) is 0 Å². The molecule has 1 aromatic heterocycles. The topological polar surface area (TPSA) is 66.0 Å². The summed E-state index contributed by atoms with van der Waals surface area (Å²) in [5, 5.41) is 7.97. The lowest BCUT2D eigenvalue weighted by molar-refractivity contribution is -0.0293. The highest BCUT2D eigenvalue weighted by atomic mass is 35.5. The molecule has 2 N–H and O–H groups in total. The highest BCUT2D eigenvalue weighted by Crippen LogP contribution is 2.15. The maximum Gasteiger partial charge on any atom is 0.100 e. The minimum Gasteiger partial charge on any atom is -0.377 e. The van der Waals surface area contributed by atoms with Crippen LogP contribution in [0.5, 0.6) is 0 Å². The molecular weight excluding hydrogens is 192 g/mol. The fourth-order valence-electron chi connectivity index (χ4n) is 1.13. The largest absolute Gasteiger partial charge is 0.377 e. The quantitative estimate of drug-likeness (QED) is 0.739. The number of nitrogens with zero attached hydrogens (tertiary/aromatic N) is 3. The fraction of sp³-hybridized carbons (Fsp3) is 0.714. The van der Waals surface area contributed by atoms with Crippen LogP contribution in [0.15, 0.2) is 6.20 Å². The maximum absolute atomic E-state index is 5.39. The Kier molecular flexibility index (Phi) is 3.65. The summed E-state index contributed by atoms with van der Waals surface area (Å²) >= 11 is 0. The monoisotopic (exact) mass is 204 g/mol. The van der Waals surface area contributed by atoms with Crippen molar-refractivity contribution in [2.24, 2.45) is 5.73 Å². The Morgan fingerprint density at radius 1 is 1.62 bits per heavy atom. The number of aromatic nitrogens is 3. The second-order valence-electron chi connectivity index (χ2n) is 2.92. The molecule has 0 aromatic carbocycles. The first-order chi connectivity index (χ1) is 5.90. The average molecular weight is 205 g/mol. The van der Waals surface area contributed by atoms with E-state index in [9.17, 15) is 0 Å². The van der Waals surface area contributed by atoms with Gasteiger partial charge < -0.3 is 10.5 Å². The standard InChI is InChI=1S/C7H12N4O.ClH/c8-2-1-6-3-11(10-9-6)7-4-12-5-7;/h3,7H,1-2,4-5,8H2;1H. The van der Waals surface area contributed by atoms with E-state index >= 15 is 0 Å². The van der Waals surface area contributed by atoms with Crippen molar-refractivity contribution in [3.63, 3.8) is 0 Å². The number of rotatable bonds is 3. The third-order valence-electron chi connectivity index (χ3n) is 1.95. The minimum atomic E-state index is 0. The molecule has 0 amide bonds. The molecule has 0 bridgehead atoms. The molecule has 0 spiro atoms. The van der Waals surface area contributed by atoms with Crippen molar-refractivity contribution in [1.29, 1.82) is 0 Å². The molecule has 1 fully saturated rings. The SMILES string of the molecule is Cl.NCCc1cn(C2COC2)nn1. The molecule has 6 heteroatoms. The van der Waals surface area contributed by atoms with Crippen molar-refractivity contribution in [2.75, 3.05) is 19.8 Å². The number of ether oxygens (including phenoxy) is 1. The third-order valence-corrected chi connectivity index (χ3v) is 1.95. The Morgan fingerprint density at radius 3 is 2.92 bits per heavy atom. The smallest absolute Gasteiger partial charge is 0.100 e. The van der Waals surface area contributed by atoms with Gasteiger partial charge in [-0.3, -0.25) is 0 Å². The molecule has 1 aromatic rings. The number of halogens is 1. The van der Waals surface area contributed by atoms with Crippen LogP contribution in [-0.4, -0.2) is 34.8 Å². The van der Waals surface area contributed by atoms with Gasteiger partial charge >= 0.3 is 0 Å². The fourth-order valence-corrected chi connectivity index (χ4v) is 1.13. The van der Waals surface area contributed by atoms with Crippen molar-refractivity contribution in [1.82, 2.24) is 15.0 Å². The van der Waals surface area contributed by atoms with Gasteiger partial charge in [-0.2, -0.15) is 0 Å². The van der Waals surface area contributed by atoms with Gasteiger partial charge in [0, 0.05) is 12.6 Å². The maximum atomic E-state index is 5.39. The third kappa shape index (κ3) is 2.18. The van der Waals surface area contributed by atoms with E-state index in [1.165, 1.54) is 0 Å². The zero-order chi connectivity index (χ0) is 8.39. The number of nitrogens with two attached hydrogens (primary N) is 1. The van der Waals surface area contributed by atoms with Gasteiger partial charge in [-0.15, -0.1) is 17.5 Å². The van der Waals surface area contributed by atoms with Crippen LogP contribution < -0.4 is 5.73 Å². The molecule has 0 unspecified atom stereocenters. The Morgan fingerprint density at radius 2 is 2.38 bits per heavy atom. The van der Waals surface area contributed by atoms with Crippen LogP contribution >= 0.6 is 12.4 Å². The van der Waals surface area contributed by atoms with Gasteiger partial charge in [-0.1, -0.05) is 5.21 Å². The molecule has 1 aliphatic rings. The van der Waals surface area contributed by atoms with Gasteiger partial charge in [-0.25, -0.2) is 4.68 Å². The van der Waals surface area contributed by atoms with E-state index < -0.39 is 0 Å². The van der Waals surface area contributed by atoms with Gasteiger partial charge in [0.1, 0.15) is 6.04 Å². The van der Waals surface area contributed by atoms with Gasteiger partial charge in [0.15, 0.2) is 0 Å². The summed E-state index contributed by atoms with van der Waals surface area (Å²) < 4.78 is 6.90. The van der Waals surface area contributed by atoms with E-state index in [2.05, 4.69) is 10.3 Å². The number of hydrogen-bond acceptors (Lipinski definition) is 4. The lowest BCUT2D eigenvalue weighted by atomic mass is 10.2. The van der Waals surface area contributed by atoms with Gasteiger partial charge in [0.25, 0.3) is 0 Å². The molecule has 13 heavy (non-hydrogen) atoms. The zero-order valence-electron chi connectivity index (χ0n) is 7.22. The van der Waals surface area contributed by atoms with Gasteiger partial charge in [-0.05, 0) is 6.54 Å².